The fourth-order valence-electron chi connectivity index (χ4n) is 4.41. The van der Waals surface area contributed by atoms with Gasteiger partial charge in [0.05, 0.1) is 0 Å². The van der Waals surface area contributed by atoms with E-state index in [2.05, 4.69) is 30.3 Å². The molecule has 66 valence electrons. The maximum Gasteiger partial charge on any atom is 0.00182 e. The zero-order valence-electron chi connectivity index (χ0n) is 7.74. The van der Waals surface area contributed by atoms with Gasteiger partial charge in [-0.25, -0.2) is 0 Å². The van der Waals surface area contributed by atoms with Gasteiger partial charge in [0.1, 0.15) is 0 Å². The summed E-state index contributed by atoms with van der Waals surface area (Å²) < 4.78 is 0. The van der Waals surface area contributed by atoms with E-state index in [-0.39, 0.29) is 0 Å². The predicted octanol–water partition coefficient (Wildman–Crippen LogP) is 2.98. The molecule has 0 nitrogen and oxygen atoms in total. The summed E-state index contributed by atoms with van der Waals surface area (Å²) >= 11 is 0. The molecule has 0 aromatic heterocycles. The zero-order chi connectivity index (χ0) is 8.47. The minimum Gasteiger partial charge on any atom is -0.0622 e. The van der Waals surface area contributed by atoms with E-state index < -0.39 is 0 Å². The van der Waals surface area contributed by atoms with Crippen LogP contribution in [0, 0.1) is 17.8 Å². The fraction of sp³-hybridized carbons (Fsp3) is 0.538. The van der Waals surface area contributed by atoms with E-state index >= 15 is 0 Å². The Hall–Kier alpha value is -0.780. The largest absolute Gasteiger partial charge is 0.0622 e. The van der Waals surface area contributed by atoms with Gasteiger partial charge in [-0.3, -0.25) is 0 Å². The van der Waals surface area contributed by atoms with Crippen molar-refractivity contribution in [3.05, 3.63) is 35.9 Å². The highest BCUT2D eigenvalue weighted by Gasteiger charge is 2.74. The molecular weight excluding hydrogens is 156 g/mol. The molecule has 4 bridgehead atoms. The van der Waals surface area contributed by atoms with Crippen LogP contribution in [0.5, 0.6) is 0 Å². The Morgan fingerprint density at radius 3 is 2.23 bits per heavy atom. The van der Waals surface area contributed by atoms with Crippen molar-refractivity contribution in [2.24, 2.45) is 17.8 Å². The van der Waals surface area contributed by atoms with Gasteiger partial charge in [-0.15, -0.1) is 0 Å². The summed E-state index contributed by atoms with van der Waals surface area (Å²) in [4.78, 5) is 0. The van der Waals surface area contributed by atoms with E-state index in [9.17, 15) is 0 Å². The van der Waals surface area contributed by atoms with Gasteiger partial charge in [0, 0.05) is 5.41 Å². The molecule has 0 heterocycles. The Labute approximate surface area is 79.0 Å². The summed E-state index contributed by atoms with van der Waals surface area (Å²) in [6, 6.07) is 11.2. The van der Waals surface area contributed by atoms with Crippen LogP contribution in [-0.2, 0) is 5.41 Å². The lowest BCUT2D eigenvalue weighted by atomic mass is 9.93. The van der Waals surface area contributed by atoms with Gasteiger partial charge in [-0.1, -0.05) is 30.3 Å². The van der Waals surface area contributed by atoms with Crippen LogP contribution in [0.25, 0.3) is 0 Å². The van der Waals surface area contributed by atoms with Crippen molar-refractivity contribution in [3.8, 4) is 0 Å². The molecule has 0 saturated heterocycles. The minimum absolute atomic E-state index is 0.686. The molecular formula is C13H14. The fourth-order valence-corrected chi connectivity index (χ4v) is 4.41. The third-order valence-corrected chi connectivity index (χ3v) is 4.81. The summed E-state index contributed by atoms with van der Waals surface area (Å²) in [5.74, 6) is 3.26. The average Bonchev–Trinajstić information content (AvgIpc) is 2.70. The van der Waals surface area contributed by atoms with Crippen LogP contribution in [-0.4, -0.2) is 0 Å². The van der Waals surface area contributed by atoms with Crippen LogP contribution in [0.1, 0.15) is 24.8 Å². The summed E-state index contributed by atoms with van der Waals surface area (Å²) in [6.07, 6.45) is 4.59. The molecule has 1 aromatic rings. The Bertz CT molecular complexity index is 340. The third kappa shape index (κ3) is 0.590. The first-order chi connectivity index (χ1) is 6.41. The van der Waals surface area contributed by atoms with E-state index in [1.807, 2.05) is 0 Å². The second kappa shape index (κ2) is 1.84. The standard InChI is InChI=1S/C13H14/c1-2-4-10(5-3-1)13-8-9-6-11(13)12(13)7-9/h1-5,9,11-12H,6-8H2/t9?,11-,12?,13?/m0/s1. The van der Waals surface area contributed by atoms with E-state index in [0.717, 1.165) is 17.8 Å². The highest BCUT2D eigenvalue weighted by atomic mass is 14.8. The topological polar surface area (TPSA) is 0 Å². The van der Waals surface area contributed by atoms with E-state index in [4.69, 9.17) is 0 Å². The molecule has 13 heavy (non-hydrogen) atoms. The maximum absolute atomic E-state index is 2.35. The number of rotatable bonds is 1. The lowest BCUT2D eigenvalue weighted by Gasteiger charge is -2.10. The molecule has 4 fully saturated rings. The predicted molar refractivity (Wildman–Crippen MR) is 52.4 cm³/mol. The zero-order valence-corrected chi connectivity index (χ0v) is 7.74. The Morgan fingerprint density at radius 1 is 1.00 bits per heavy atom. The van der Waals surface area contributed by atoms with Crippen molar-refractivity contribution in [2.75, 3.05) is 0 Å². The summed E-state index contributed by atoms with van der Waals surface area (Å²) in [5.41, 5.74) is 2.33. The highest BCUT2D eigenvalue weighted by Crippen LogP contribution is 2.79. The lowest BCUT2D eigenvalue weighted by molar-refractivity contribution is 0.595. The summed E-state index contributed by atoms with van der Waals surface area (Å²) in [6.45, 7) is 0. The highest BCUT2D eigenvalue weighted by molar-refractivity contribution is 5.42. The van der Waals surface area contributed by atoms with Gasteiger partial charge in [0.25, 0.3) is 0 Å². The Balaban J connectivity index is 1.85. The van der Waals surface area contributed by atoms with Crippen molar-refractivity contribution in [3.63, 3.8) is 0 Å². The first-order valence-corrected chi connectivity index (χ1v) is 5.47. The molecule has 4 saturated carbocycles. The lowest BCUT2D eigenvalue weighted by Crippen LogP contribution is -2.04. The number of hydrogen-bond acceptors (Lipinski definition) is 0. The van der Waals surface area contributed by atoms with Crippen molar-refractivity contribution in [2.45, 2.75) is 24.7 Å². The first-order valence-electron chi connectivity index (χ1n) is 5.47. The molecule has 4 atom stereocenters. The van der Waals surface area contributed by atoms with Crippen LogP contribution >= 0.6 is 0 Å². The molecule has 0 N–H and O–H groups in total. The van der Waals surface area contributed by atoms with Crippen LogP contribution in [0.3, 0.4) is 0 Å². The van der Waals surface area contributed by atoms with Gasteiger partial charge in [0.2, 0.25) is 0 Å². The van der Waals surface area contributed by atoms with E-state index in [1.165, 1.54) is 6.42 Å². The van der Waals surface area contributed by atoms with Crippen LogP contribution in [0.4, 0.5) is 0 Å². The Kier molecular flexibility index (Phi) is 0.941. The van der Waals surface area contributed by atoms with Crippen molar-refractivity contribution < 1.29 is 0 Å². The minimum atomic E-state index is 0.686. The second-order valence-electron chi connectivity index (χ2n) is 5.16. The molecule has 4 aliphatic carbocycles. The second-order valence-corrected chi connectivity index (χ2v) is 5.16. The molecule has 0 radical (unpaired) electrons. The van der Waals surface area contributed by atoms with Crippen molar-refractivity contribution >= 4 is 0 Å². The van der Waals surface area contributed by atoms with Gasteiger partial charge in [-0.05, 0) is 42.6 Å². The smallest absolute Gasteiger partial charge is 0.00182 e. The van der Waals surface area contributed by atoms with Crippen LogP contribution in [0.15, 0.2) is 30.3 Å². The van der Waals surface area contributed by atoms with Crippen molar-refractivity contribution in [1.29, 1.82) is 0 Å². The average molecular weight is 170 g/mol. The summed E-state index contributed by atoms with van der Waals surface area (Å²) in [5, 5.41) is 0. The van der Waals surface area contributed by atoms with Gasteiger partial charge >= 0.3 is 0 Å². The third-order valence-electron chi connectivity index (χ3n) is 4.81. The molecule has 0 amide bonds. The SMILES string of the molecule is c1ccc(C23CC4CC2[C@@H]3C4)cc1. The molecule has 1 aromatic carbocycles. The Morgan fingerprint density at radius 2 is 1.69 bits per heavy atom. The van der Waals surface area contributed by atoms with Crippen LogP contribution in [0.2, 0.25) is 0 Å². The normalized spacial score (nSPS) is 49.7. The molecule has 0 heteroatoms. The monoisotopic (exact) mass is 170 g/mol. The molecule has 3 unspecified atom stereocenters. The van der Waals surface area contributed by atoms with Gasteiger partial charge in [-0.2, -0.15) is 0 Å². The van der Waals surface area contributed by atoms with Gasteiger partial charge in [0.15, 0.2) is 0 Å². The van der Waals surface area contributed by atoms with Crippen LogP contribution < -0.4 is 0 Å². The quantitative estimate of drug-likeness (QED) is 0.608. The van der Waals surface area contributed by atoms with E-state index in [1.54, 1.807) is 18.4 Å². The van der Waals surface area contributed by atoms with Crippen molar-refractivity contribution in [1.82, 2.24) is 0 Å². The summed E-state index contributed by atoms with van der Waals surface area (Å²) in [7, 11) is 0. The molecule has 0 aliphatic heterocycles. The molecule has 4 aliphatic rings. The van der Waals surface area contributed by atoms with E-state index in [0.29, 0.717) is 5.41 Å². The maximum atomic E-state index is 2.35. The number of benzene rings is 1. The first kappa shape index (κ1) is 6.64. The molecule has 0 spiro atoms. The molecule has 5 rings (SSSR count). The van der Waals surface area contributed by atoms with Gasteiger partial charge < -0.3 is 0 Å². The number of hydrogen-bond donors (Lipinski definition) is 0.